The molecule has 0 amide bonds. The average molecular weight is 308 g/mol. The minimum atomic E-state index is -3.16. The van der Waals surface area contributed by atoms with E-state index in [0.29, 0.717) is 0 Å². The SMILES string of the molecule is COC(C)=O.COP(C)(=O)OC.COS(C)(=O)=O. The highest BCUT2D eigenvalue weighted by molar-refractivity contribution is 7.85. The molecule has 0 atom stereocenters. The number of esters is 1. The van der Waals surface area contributed by atoms with E-state index in [-0.39, 0.29) is 5.97 Å². The molecule has 10 heteroatoms. The summed E-state index contributed by atoms with van der Waals surface area (Å²) in [6.07, 6.45) is 0.993. The van der Waals surface area contributed by atoms with Crippen LogP contribution in [0.1, 0.15) is 6.92 Å². The Morgan fingerprint density at radius 1 is 1.06 bits per heavy atom. The van der Waals surface area contributed by atoms with Gasteiger partial charge in [0.1, 0.15) is 0 Å². The van der Waals surface area contributed by atoms with E-state index < -0.39 is 17.7 Å². The number of hydrogen-bond donors (Lipinski definition) is 0. The summed E-state index contributed by atoms with van der Waals surface area (Å²) in [6.45, 7) is 2.77. The van der Waals surface area contributed by atoms with Gasteiger partial charge < -0.3 is 13.8 Å². The number of carbonyl (C=O) groups excluding carboxylic acids is 1. The Morgan fingerprint density at radius 3 is 1.28 bits per heavy atom. The summed E-state index contributed by atoms with van der Waals surface area (Å²) in [4.78, 5) is 9.59. The number of rotatable bonds is 3. The van der Waals surface area contributed by atoms with E-state index in [1.807, 2.05) is 0 Å². The Balaban J connectivity index is -0.000000190. The first-order valence-electron chi connectivity index (χ1n) is 4.44. The van der Waals surface area contributed by atoms with Crippen LogP contribution in [0.4, 0.5) is 0 Å². The average Bonchev–Trinajstić information content (AvgIpc) is 2.29. The minimum Gasteiger partial charge on any atom is -0.469 e. The first kappa shape index (κ1) is 22.7. The number of methoxy groups -OCH3 is 1. The number of carbonyl (C=O) groups is 1. The van der Waals surface area contributed by atoms with Crippen molar-refractivity contribution in [1.29, 1.82) is 0 Å². The molecule has 0 aromatic rings. The zero-order chi connectivity index (χ0) is 15.4. The summed E-state index contributed by atoms with van der Waals surface area (Å²) < 4.78 is 46.9. The van der Waals surface area contributed by atoms with E-state index in [1.54, 1.807) is 0 Å². The predicted octanol–water partition coefficient (Wildman–Crippen LogP) is 0.874. The molecule has 0 aliphatic rings. The predicted molar refractivity (Wildman–Crippen MR) is 67.1 cm³/mol. The van der Waals surface area contributed by atoms with Gasteiger partial charge in [-0.05, 0) is 0 Å². The molecule has 0 N–H and O–H groups in total. The van der Waals surface area contributed by atoms with Gasteiger partial charge in [-0.2, -0.15) is 8.42 Å². The van der Waals surface area contributed by atoms with Crippen molar-refractivity contribution in [2.45, 2.75) is 6.92 Å². The summed E-state index contributed by atoms with van der Waals surface area (Å²) in [5, 5.41) is 0. The summed E-state index contributed by atoms with van der Waals surface area (Å²) in [5.74, 6) is -0.245. The highest BCUT2D eigenvalue weighted by Crippen LogP contribution is 2.40. The van der Waals surface area contributed by atoms with Crippen molar-refractivity contribution in [1.82, 2.24) is 0 Å². The maximum atomic E-state index is 10.5. The van der Waals surface area contributed by atoms with Crippen molar-refractivity contribution in [3.05, 3.63) is 0 Å². The number of hydrogen-bond acceptors (Lipinski definition) is 8. The van der Waals surface area contributed by atoms with Gasteiger partial charge in [0.2, 0.25) is 0 Å². The summed E-state index contributed by atoms with van der Waals surface area (Å²) in [6, 6.07) is 0. The van der Waals surface area contributed by atoms with Crippen molar-refractivity contribution >= 4 is 23.7 Å². The Kier molecular flexibility index (Phi) is 14.6. The molecule has 0 bridgehead atoms. The lowest BCUT2D eigenvalue weighted by molar-refractivity contribution is -0.137. The molecule has 0 aliphatic carbocycles. The van der Waals surface area contributed by atoms with Crippen LogP contribution >= 0.6 is 7.60 Å². The topological polar surface area (TPSA) is 105 Å². The lowest BCUT2D eigenvalue weighted by Crippen LogP contribution is -1.95. The highest BCUT2D eigenvalue weighted by Gasteiger charge is 2.08. The van der Waals surface area contributed by atoms with Crippen LogP contribution in [-0.2, 0) is 37.4 Å². The van der Waals surface area contributed by atoms with Gasteiger partial charge in [-0.15, -0.1) is 0 Å². The Morgan fingerprint density at radius 2 is 1.28 bits per heavy atom. The summed E-state index contributed by atoms with van der Waals surface area (Å²) in [7, 11) is -0.644. The van der Waals surface area contributed by atoms with Gasteiger partial charge in [0.15, 0.2) is 0 Å². The van der Waals surface area contributed by atoms with Gasteiger partial charge in [-0.3, -0.25) is 13.5 Å². The van der Waals surface area contributed by atoms with Crippen molar-refractivity contribution in [2.24, 2.45) is 0 Å². The molecule has 0 unspecified atom stereocenters. The zero-order valence-corrected chi connectivity index (χ0v) is 13.3. The molecular weight excluding hydrogens is 287 g/mol. The van der Waals surface area contributed by atoms with Gasteiger partial charge in [0.25, 0.3) is 10.1 Å². The lowest BCUT2D eigenvalue weighted by atomic mass is 10.8. The van der Waals surface area contributed by atoms with Crippen LogP contribution in [0.3, 0.4) is 0 Å². The fourth-order valence-corrected chi connectivity index (χ4v) is 0.224. The molecule has 0 spiro atoms. The smallest absolute Gasteiger partial charge is 0.327 e. The van der Waals surface area contributed by atoms with Crippen LogP contribution in [-0.4, -0.2) is 55.7 Å². The summed E-state index contributed by atoms with van der Waals surface area (Å²) in [5.41, 5.74) is 0. The lowest BCUT2D eigenvalue weighted by Gasteiger charge is -2.04. The van der Waals surface area contributed by atoms with Crippen LogP contribution in [0.25, 0.3) is 0 Å². The van der Waals surface area contributed by atoms with Crippen molar-refractivity contribution in [2.75, 3.05) is 41.4 Å². The third kappa shape index (κ3) is 29.6. The molecule has 0 aromatic carbocycles. The summed E-state index contributed by atoms with van der Waals surface area (Å²) >= 11 is 0. The second-order valence-corrected chi connectivity index (χ2v) is 6.72. The molecule has 0 rings (SSSR count). The van der Waals surface area contributed by atoms with E-state index >= 15 is 0 Å². The zero-order valence-electron chi connectivity index (χ0n) is 11.6. The molecule has 0 radical (unpaired) electrons. The number of ether oxygens (including phenoxy) is 1. The maximum Gasteiger partial charge on any atom is 0.327 e. The van der Waals surface area contributed by atoms with Gasteiger partial charge in [0.05, 0.1) is 20.5 Å². The van der Waals surface area contributed by atoms with Crippen molar-refractivity contribution < 1.29 is 35.7 Å². The van der Waals surface area contributed by atoms with Gasteiger partial charge >= 0.3 is 13.6 Å². The Bertz CT molecular complexity index is 342. The van der Waals surface area contributed by atoms with Crippen LogP contribution in [0, 0.1) is 0 Å². The Labute approximate surface area is 108 Å². The van der Waals surface area contributed by atoms with E-state index in [4.69, 9.17) is 0 Å². The van der Waals surface area contributed by atoms with Crippen LogP contribution in [0.5, 0.6) is 0 Å². The molecule has 0 heterocycles. The molecule has 112 valence electrons. The van der Waals surface area contributed by atoms with E-state index in [1.165, 1.54) is 34.9 Å². The third-order valence-electron chi connectivity index (χ3n) is 1.25. The molecule has 0 saturated heterocycles. The maximum absolute atomic E-state index is 10.5. The quantitative estimate of drug-likeness (QED) is 0.429. The van der Waals surface area contributed by atoms with E-state index in [2.05, 4.69) is 18.0 Å². The molecule has 0 aliphatic heterocycles. The molecule has 0 fully saturated rings. The van der Waals surface area contributed by atoms with Crippen molar-refractivity contribution in [3.8, 4) is 0 Å². The monoisotopic (exact) mass is 308 g/mol. The highest BCUT2D eigenvalue weighted by atomic mass is 32.2. The van der Waals surface area contributed by atoms with E-state index in [9.17, 15) is 17.8 Å². The molecule has 0 aromatic heterocycles. The van der Waals surface area contributed by atoms with Gasteiger partial charge in [-0.25, -0.2) is 0 Å². The Hall–Kier alpha value is -0.470. The fraction of sp³-hybridized carbons (Fsp3) is 0.875. The van der Waals surface area contributed by atoms with E-state index in [0.717, 1.165) is 13.4 Å². The third-order valence-corrected chi connectivity index (χ3v) is 3.19. The van der Waals surface area contributed by atoms with Crippen LogP contribution in [0.2, 0.25) is 0 Å². The second-order valence-electron chi connectivity index (χ2n) is 2.70. The molecule has 0 saturated carbocycles. The minimum absolute atomic E-state index is 0.245. The van der Waals surface area contributed by atoms with Gasteiger partial charge in [-0.1, -0.05) is 0 Å². The molecule has 8 nitrogen and oxygen atoms in total. The first-order chi connectivity index (χ1) is 7.95. The molecular formula is C8H21O8PS. The second kappa shape index (κ2) is 11.6. The fourth-order valence-electron chi connectivity index (χ4n) is 0.0745. The van der Waals surface area contributed by atoms with Crippen molar-refractivity contribution in [3.63, 3.8) is 0 Å². The van der Waals surface area contributed by atoms with Crippen LogP contribution in [0.15, 0.2) is 0 Å². The first-order valence-corrected chi connectivity index (χ1v) is 8.25. The standard InChI is InChI=1S/C3H9O3P.C3H6O2.C2H6O3S/c1-5-7(3,4)6-2;1-3(4)5-2;1-5-6(2,3)4/h1-3H3;1-2H3;1-2H3. The largest absolute Gasteiger partial charge is 0.469 e. The molecule has 18 heavy (non-hydrogen) atoms. The van der Waals surface area contributed by atoms with Gasteiger partial charge in [0, 0.05) is 27.8 Å². The van der Waals surface area contributed by atoms with Crippen LogP contribution < -0.4 is 0 Å². The normalized spacial score (nSPS) is 10.4.